The summed E-state index contributed by atoms with van der Waals surface area (Å²) in [4.78, 5) is 10.8. The molecule has 1 amide bonds. The Morgan fingerprint density at radius 2 is 2.18 bits per heavy atom. The Balaban J connectivity index is 2.03. The molecule has 1 saturated heterocycles. The van der Waals surface area contributed by atoms with Crippen LogP contribution in [0.25, 0.3) is 0 Å². The van der Waals surface area contributed by atoms with Crippen LogP contribution in [0.3, 0.4) is 0 Å². The maximum Gasteiger partial charge on any atom is 0.270 e. The highest BCUT2D eigenvalue weighted by Crippen LogP contribution is 2.20. The lowest BCUT2D eigenvalue weighted by Gasteiger charge is -2.13. The van der Waals surface area contributed by atoms with Gasteiger partial charge in [0.25, 0.3) is 5.91 Å². The maximum absolute atomic E-state index is 10.8. The van der Waals surface area contributed by atoms with Crippen LogP contribution in [0, 0.1) is 0 Å². The standard InChI is InChI=1S/C8H12N4O5/c9-7(15)3-1-12(11-10-3)2-4-5(13)6(14)8(16)17-4/h1,4-6,8,13-14,16H,2H2,(H2,9,15)/t4-,5-,6-,8?/m1/s1. The third-order valence-electron chi connectivity index (χ3n) is 2.50. The molecule has 1 aliphatic heterocycles. The van der Waals surface area contributed by atoms with Gasteiger partial charge in [0.1, 0.15) is 18.3 Å². The first-order valence-corrected chi connectivity index (χ1v) is 4.88. The van der Waals surface area contributed by atoms with Crippen LogP contribution >= 0.6 is 0 Å². The molecule has 0 radical (unpaired) electrons. The Morgan fingerprint density at radius 3 is 2.65 bits per heavy atom. The van der Waals surface area contributed by atoms with E-state index in [9.17, 15) is 15.0 Å². The monoisotopic (exact) mass is 244 g/mol. The highest BCUT2D eigenvalue weighted by Gasteiger charge is 2.41. The minimum atomic E-state index is -1.44. The second-order valence-electron chi connectivity index (χ2n) is 3.74. The zero-order valence-corrected chi connectivity index (χ0v) is 8.67. The lowest BCUT2D eigenvalue weighted by Crippen LogP contribution is -2.34. The SMILES string of the molecule is NC(=O)c1cn(C[C@H]2OC(O)[C@H](O)[C@@H]2O)nn1. The average Bonchev–Trinajstić information content (AvgIpc) is 2.82. The van der Waals surface area contributed by atoms with E-state index in [4.69, 9.17) is 15.6 Å². The van der Waals surface area contributed by atoms with Gasteiger partial charge in [0.15, 0.2) is 12.0 Å². The molecule has 9 heteroatoms. The summed E-state index contributed by atoms with van der Waals surface area (Å²) in [7, 11) is 0. The third-order valence-corrected chi connectivity index (χ3v) is 2.50. The van der Waals surface area contributed by atoms with Crippen LogP contribution in [0.4, 0.5) is 0 Å². The zero-order valence-electron chi connectivity index (χ0n) is 8.67. The van der Waals surface area contributed by atoms with Gasteiger partial charge in [-0.2, -0.15) is 0 Å². The topological polar surface area (TPSA) is 144 Å². The summed E-state index contributed by atoms with van der Waals surface area (Å²) < 4.78 is 6.15. The van der Waals surface area contributed by atoms with Crippen LogP contribution in [0.1, 0.15) is 10.5 Å². The average molecular weight is 244 g/mol. The fourth-order valence-corrected chi connectivity index (χ4v) is 1.56. The van der Waals surface area contributed by atoms with E-state index in [-0.39, 0.29) is 12.2 Å². The lowest BCUT2D eigenvalue weighted by atomic mass is 10.1. The molecule has 1 aliphatic rings. The quantitative estimate of drug-likeness (QED) is 0.438. The molecule has 0 bridgehead atoms. The van der Waals surface area contributed by atoms with Crippen molar-refractivity contribution in [3.05, 3.63) is 11.9 Å². The molecule has 1 fully saturated rings. The summed E-state index contributed by atoms with van der Waals surface area (Å²) in [5, 5.41) is 35.0. The van der Waals surface area contributed by atoms with Gasteiger partial charge in [0, 0.05) is 0 Å². The number of rotatable bonds is 3. The molecular weight excluding hydrogens is 232 g/mol. The zero-order chi connectivity index (χ0) is 12.6. The Morgan fingerprint density at radius 1 is 1.47 bits per heavy atom. The molecule has 1 aromatic heterocycles. The van der Waals surface area contributed by atoms with Crippen LogP contribution < -0.4 is 5.73 Å². The van der Waals surface area contributed by atoms with E-state index in [0.717, 1.165) is 0 Å². The number of nitrogens with two attached hydrogens (primary N) is 1. The normalized spacial score (nSPS) is 32.9. The summed E-state index contributed by atoms with van der Waals surface area (Å²) in [5.41, 5.74) is 4.98. The van der Waals surface area contributed by atoms with Crippen molar-refractivity contribution in [3.8, 4) is 0 Å². The Hall–Kier alpha value is -1.55. The first-order chi connectivity index (χ1) is 7.99. The molecular formula is C8H12N4O5. The lowest BCUT2D eigenvalue weighted by molar-refractivity contribution is -0.129. The van der Waals surface area contributed by atoms with Gasteiger partial charge < -0.3 is 25.8 Å². The van der Waals surface area contributed by atoms with Gasteiger partial charge in [-0.25, -0.2) is 4.68 Å². The Labute approximate surface area is 95.4 Å². The highest BCUT2D eigenvalue weighted by molar-refractivity contribution is 5.90. The van der Waals surface area contributed by atoms with Crippen molar-refractivity contribution in [2.45, 2.75) is 31.1 Å². The largest absolute Gasteiger partial charge is 0.387 e. The molecule has 0 aliphatic carbocycles. The molecule has 1 aromatic rings. The fourth-order valence-electron chi connectivity index (χ4n) is 1.56. The van der Waals surface area contributed by atoms with Gasteiger partial charge >= 0.3 is 0 Å². The summed E-state index contributed by atoms with van der Waals surface area (Å²) in [6.45, 7) is 0.0373. The summed E-state index contributed by atoms with van der Waals surface area (Å²) in [6, 6.07) is 0. The number of aliphatic hydroxyl groups is 3. The molecule has 2 rings (SSSR count). The number of nitrogens with zero attached hydrogens (tertiary/aromatic N) is 3. The highest BCUT2D eigenvalue weighted by atomic mass is 16.6. The van der Waals surface area contributed by atoms with Crippen molar-refractivity contribution in [1.29, 1.82) is 0 Å². The summed E-state index contributed by atoms with van der Waals surface area (Å²) in [6.07, 6.45) is -3.57. The van der Waals surface area contributed by atoms with Gasteiger partial charge in [0.2, 0.25) is 0 Å². The Kier molecular flexibility index (Phi) is 3.07. The van der Waals surface area contributed by atoms with Gasteiger partial charge in [-0.1, -0.05) is 5.21 Å². The Bertz CT molecular complexity index is 422. The van der Waals surface area contributed by atoms with E-state index in [1.165, 1.54) is 10.9 Å². The number of hydrogen-bond donors (Lipinski definition) is 4. The van der Waals surface area contributed by atoms with Crippen molar-refractivity contribution in [2.24, 2.45) is 5.73 Å². The van der Waals surface area contributed by atoms with E-state index in [1.54, 1.807) is 0 Å². The molecule has 0 aromatic carbocycles. The van der Waals surface area contributed by atoms with E-state index in [2.05, 4.69) is 10.3 Å². The second kappa shape index (κ2) is 4.37. The first-order valence-electron chi connectivity index (χ1n) is 4.88. The molecule has 17 heavy (non-hydrogen) atoms. The van der Waals surface area contributed by atoms with Gasteiger partial charge in [-0.05, 0) is 0 Å². The van der Waals surface area contributed by atoms with E-state index in [1.807, 2.05) is 0 Å². The molecule has 1 unspecified atom stereocenters. The maximum atomic E-state index is 10.8. The predicted octanol–water partition coefficient (Wildman–Crippen LogP) is -3.18. The van der Waals surface area contributed by atoms with Crippen LogP contribution in [0.2, 0.25) is 0 Å². The predicted molar refractivity (Wildman–Crippen MR) is 51.4 cm³/mol. The molecule has 0 spiro atoms. The van der Waals surface area contributed by atoms with Crippen molar-refractivity contribution in [2.75, 3.05) is 0 Å². The summed E-state index contributed by atoms with van der Waals surface area (Å²) >= 11 is 0. The number of carbonyl (C=O) groups excluding carboxylic acids is 1. The molecule has 9 nitrogen and oxygen atoms in total. The fraction of sp³-hybridized carbons (Fsp3) is 0.625. The number of amides is 1. The minimum absolute atomic E-state index is 0.0152. The molecule has 4 atom stereocenters. The van der Waals surface area contributed by atoms with Crippen LogP contribution in [0.5, 0.6) is 0 Å². The number of hydrogen-bond acceptors (Lipinski definition) is 7. The number of carbonyl (C=O) groups is 1. The van der Waals surface area contributed by atoms with E-state index < -0.39 is 30.5 Å². The van der Waals surface area contributed by atoms with Crippen molar-refractivity contribution in [1.82, 2.24) is 15.0 Å². The van der Waals surface area contributed by atoms with Crippen LogP contribution in [0.15, 0.2) is 6.20 Å². The summed E-state index contributed by atoms with van der Waals surface area (Å²) in [5.74, 6) is -0.718. The van der Waals surface area contributed by atoms with Gasteiger partial charge in [-0.3, -0.25) is 4.79 Å². The smallest absolute Gasteiger partial charge is 0.270 e. The van der Waals surface area contributed by atoms with Crippen LogP contribution in [-0.4, -0.2) is 60.8 Å². The second-order valence-corrected chi connectivity index (χ2v) is 3.74. The number of primary amides is 1. The molecule has 0 saturated carbocycles. The van der Waals surface area contributed by atoms with Crippen molar-refractivity contribution in [3.63, 3.8) is 0 Å². The first kappa shape index (κ1) is 11.9. The van der Waals surface area contributed by atoms with Gasteiger partial charge in [-0.15, -0.1) is 5.10 Å². The van der Waals surface area contributed by atoms with Crippen molar-refractivity contribution >= 4 is 5.91 Å². The number of aromatic nitrogens is 3. The third kappa shape index (κ3) is 2.26. The van der Waals surface area contributed by atoms with Crippen LogP contribution in [-0.2, 0) is 11.3 Å². The van der Waals surface area contributed by atoms with Gasteiger partial charge in [0.05, 0.1) is 12.7 Å². The number of ether oxygens (including phenoxy) is 1. The minimum Gasteiger partial charge on any atom is -0.387 e. The molecule has 94 valence electrons. The molecule has 2 heterocycles. The van der Waals surface area contributed by atoms with Crippen molar-refractivity contribution < 1.29 is 24.9 Å². The molecule has 5 N–H and O–H groups in total. The number of aliphatic hydroxyl groups excluding tert-OH is 3. The van der Waals surface area contributed by atoms with E-state index >= 15 is 0 Å². The van der Waals surface area contributed by atoms with E-state index in [0.29, 0.717) is 0 Å².